The second-order valence-corrected chi connectivity index (χ2v) is 3.44. The summed E-state index contributed by atoms with van der Waals surface area (Å²) in [5.41, 5.74) is 1.25. The molecule has 1 heterocycles. The van der Waals surface area contributed by atoms with Crippen LogP contribution in [0.5, 0.6) is 0 Å². The fourth-order valence-electron chi connectivity index (χ4n) is 1.45. The van der Waals surface area contributed by atoms with Gasteiger partial charge in [0.25, 0.3) is 0 Å². The maximum atomic E-state index is 10.8. The van der Waals surface area contributed by atoms with E-state index in [4.69, 9.17) is 5.11 Å². The van der Waals surface area contributed by atoms with Gasteiger partial charge in [0.05, 0.1) is 5.56 Å². The first-order chi connectivity index (χ1) is 7.75. The minimum atomic E-state index is -0.901. The molecule has 0 atom stereocenters. The van der Waals surface area contributed by atoms with E-state index in [1.807, 2.05) is 24.4 Å². The first kappa shape index (κ1) is 10.3. The predicted molar refractivity (Wildman–Crippen MR) is 61.5 cm³/mol. The molecule has 2 rings (SSSR count). The monoisotopic (exact) mass is 216 g/mol. The quantitative estimate of drug-likeness (QED) is 0.734. The number of aromatic amines is 1. The lowest BCUT2D eigenvalue weighted by atomic mass is 10.1. The highest BCUT2D eigenvalue weighted by molar-refractivity contribution is 5.87. The molecule has 82 valence electrons. The number of aromatic carboxylic acids is 1. The predicted octanol–water partition coefficient (Wildman–Crippen LogP) is 2.33. The van der Waals surface area contributed by atoms with Crippen LogP contribution < -0.4 is 5.32 Å². The fourth-order valence-corrected chi connectivity index (χ4v) is 1.45. The van der Waals surface area contributed by atoms with E-state index in [2.05, 4.69) is 10.3 Å². The topological polar surface area (TPSA) is 65.1 Å². The summed E-state index contributed by atoms with van der Waals surface area (Å²) in [6.45, 7) is 0.599. The van der Waals surface area contributed by atoms with Gasteiger partial charge in [0.15, 0.2) is 0 Å². The minimum absolute atomic E-state index is 0.311. The highest BCUT2D eigenvalue weighted by Gasteiger charge is 2.02. The van der Waals surface area contributed by atoms with Gasteiger partial charge >= 0.3 is 5.97 Å². The van der Waals surface area contributed by atoms with Crippen molar-refractivity contribution in [3.63, 3.8) is 0 Å². The molecule has 1 aromatic heterocycles. The minimum Gasteiger partial charge on any atom is -0.478 e. The number of anilines is 1. The second kappa shape index (κ2) is 4.53. The number of hydrogen-bond acceptors (Lipinski definition) is 2. The van der Waals surface area contributed by atoms with Crippen LogP contribution >= 0.6 is 0 Å². The number of rotatable bonds is 4. The molecule has 0 spiro atoms. The first-order valence-corrected chi connectivity index (χ1v) is 4.95. The van der Waals surface area contributed by atoms with E-state index in [-0.39, 0.29) is 0 Å². The Kier molecular flexibility index (Phi) is 2.91. The summed E-state index contributed by atoms with van der Waals surface area (Å²) in [4.78, 5) is 13.8. The van der Waals surface area contributed by atoms with Crippen molar-refractivity contribution in [3.8, 4) is 0 Å². The van der Waals surface area contributed by atoms with E-state index in [0.717, 1.165) is 11.4 Å². The van der Waals surface area contributed by atoms with Crippen LogP contribution in [-0.2, 0) is 6.54 Å². The third-order valence-electron chi connectivity index (χ3n) is 2.25. The zero-order valence-corrected chi connectivity index (χ0v) is 8.60. The number of nitrogens with one attached hydrogen (secondary N) is 2. The van der Waals surface area contributed by atoms with Gasteiger partial charge in [-0.2, -0.15) is 0 Å². The van der Waals surface area contributed by atoms with Crippen molar-refractivity contribution in [1.82, 2.24) is 4.98 Å². The van der Waals surface area contributed by atoms with Crippen molar-refractivity contribution < 1.29 is 9.90 Å². The second-order valence-electron chi connectivity index (χ2n) is 3.44. The molecule has 16 heavy (non-hydrogen) atoms. The lowest BCUT2D eigenvalue weighted by molar-refractivity contribution is 0.0697. The Morgan fingerprint density at radius 2 is 2.19 bits per heavy atom. The van der Waals surface area contributed by atoms with Crippen molar-refractivity contribution in [3.05, 3.63) is 53.7 Å². The van der Waals surface area contributed by atoms with Crippen LogP contribution in [0.4, 0.5) is 5.82 Å². The largest absolute Gasteiger partial charge is 0.478 e. The highest BCUT2D eigenvalue weighted by atomic mass is 16.4. The van der Waals surface area contributed by atoms with Crippen molar-refractivity contribution >= 4 is 11.8 Å². The van der Waals surface area contributed by atoms with E-state index < -0.39 is 5.97 Å². The molecule has 0 saturated carbocycles. The molecule has 2 aromatic rings. The third-order valence-corrected chi connectivity index (χ3v) is 2.25. The lowest BCUT2D eigenvalue weighted by Crippen LogP contribution is -2.02. The fraction of sp³-hybridized carbons (Fsp3) is 0.0833. The molecule has 0 aliphatic heterocycles. The van der Waals surface area contributed by atoms with Crippen molar-refractivity contribution in [2.45, 2.75) is 6.54 Å². The van der Waals surface area contributed by atoms with Crippen LogP contribution in [0.15, 0.2) is 42.6 Å². The molecule has 4 heteroatoms. The van der Waals surface area contributed by atoms with Crippen LogP contribution in [0.3, 0.4) is 0 Å². The zero-order chi connectivity index (χ0) is 11.4. The van der Waals surface area contributed by atoms with Crippen LogP contribution in [-0.4, -0.2) is 16.1 Å². The van der Waals surface area contributed by atoms with Crippen molar-refractivity contribution in [2.24, 2.45) is 0 Å². The summed E-state index contributed by atoms with van der Waals surface area (Å²) in [5.74, 6) is 0.0162. The number of H-pyrrole nitrogens is 1. The molecule has 0 radical (unpaired) electrons. The van der Waals surface area contributed by atoms with E-state index in [1.54, 1.807) is 18.2 Å². The molecule has 0 unspecified atom stereocenters. The number of carbonyl (C=O) groups is 1. The Morgan fingerprint density at radius 3 is 2.88 bits per heavy atom. The Balaban J connectivity index is 2.04. The molecule has 0 bridgehead atoms. The van der Waals surface area contributed by atoms with Gasteiger partial charge in [-0.05, 0) is 29.8 Å². The van der Waals surface area contributed by atoms with Gasteiger partial charge in [-0.1, -0.05) is 12.1 Å². The summed E-state index contributed by atoms with van der Waals surface area (Å²) in [5, 5.41) is 12.0. The van der Waals surface area contributed by atoms with E-state index in [0.29, 0.717) is 12.1 Å². The molecule has 0 aliphatic carbocycles. The van der Waals surface area contributed by atoms with Gasteiger partial charge in [-0.25, -0.2) is 4.79 Å². The van der Waals surface area contributed by atoms with Gasteiger partial charge in [0.2, 0.25) is 0 Å². The summed E-state index contributed by atoms with van der Waals surface area (Å²) in [6, 6.07) is 10.7. The van der Waals surface area contributed by atoms with Crippen molar-refractivity contribution in [1.29, 1.82) is 0 Å². The van der Waals surface area contributed by atoms with E-state index >= 15 is 0 Å². The molecule has 4 nitrogen and oxygen atoms in total. The molecule has 0 fully saturated rings. The smallest absolute Gasteiger partial charge is 0.335 e. The summed E-state index contributed by atoms with van der Waals surface area (Å²) >= 11 is 0. The van der Waals surface area contributed by atoms with Crippen LogP contribution in [0.25, 0.3) is 0 Å². The van der Waals surface area contributed by atoms with Gasteiger partial charge < -0.3 is 15.4 Å². The highest BCUT2D eigenvalue weighted by Crippen LogP contribution is 2.08. The van der Waals surface area contributed by atoms with Crippen LogP contribution in [0.1, 0.15) is 15.9 Å². The summed E-state index contributed by atoms with van der Waals surface area (Å²) in [6.07, 6.45) is 1.83. The molecular weight excluding hydrogens is 204 g/mol. The SMILES string of the molecule is O=C(O)c1cccc(CNc2ccc[nH]2)c1. The van der Waals surface area contributed by atoms with Gasteiger partial charge in [0.1, 0.15) is 5.82 Å². The normalized spacial score (nSPS) is 10.0. The standard InChI is InChI=1S/C12H12N2O2/c15-12(16)10-4-1-3-9(7-10)8-14-11-5-2-6-13-11/h1-7,13-14H,8H2,(H,15,16). The number of benzene rings is 1. The third kappa shape index (κ3) is 2.42. The Hall–Kier alpha value is -2.23. The van der Waals surface area contributed by atoms with Crippen molar-refractivity contribution in [2.75, 3.05) is 5.32 Å². The molecule has 0 amide bonds. The van der Waals surface area contributed by atoms with Crippen LogP contribution in [0, 0.1) is 0 Å². The first-order valence-electron chi connectivity index (χ1n) is 4.95. The lowest BCUT2D eigenvalue weighted by Gasteiger charge is -2.04. The number of aromatic nitrogens is 1. The average Bonchev–Trinajstić information content (AvgIpc) is 2.79. The van der Waals surface area contributed by atoms with Gasteiger partial charge in [-0.3, -0.25) is 0 Å². The summed E-state index contributed by atoms with van der Waals surface area (Å²) in [7, 11) is 0. The molecule has 0 saturated heterocycles. The Labute approximate surface area is 92.9 Å². The number of carboxylic acid groups (broad SMARTS) is 1. The Bertz CT molecular complexity index is 478. The van der Waals surface area contributed by atoms with Gasteiger partial charge in [-0.15, -0.1) is 0 Å². The maximum absolute atomic E-state index is 10.8. The van der Waals surface area contributed by atoms with E-state index in [1.165, 1.54) is 0 Å². The molecule has 1 aromatic carbocycles. The average molecular weight is 216 g/mol. The zero-order valence-electron chi connectivity index (χ0n) is 8.60. The Morgan fingerprint density at radius 1 is 1.31 bits per heavy atom. The number of carboxylic acids is 1. The van der Waals surface area contributed by atoms with E-state index in [9.17, 15) is 4.79 Å². The molecule has 0 aliphatic rings. The summed E-state index contributed by atoms with van der Waals surface area (Å²) < 4.78 is 0. The number of hydrogen-bond donors (Lipinski definition) is 3. The van der Waals surface area contributed by atoms with Crippen LogP contribution in [0.2, 0.25) is 0 Å². The maximum Gasteiger partial charge on any atom is 0.335 e. The molecule has 3 N–H and O–H groups in total. The van der Waals surface area contributed by atoms with Gasteiger partial charge in [0, 0.05) is 12.7 Å². The molecular formula is C12H12N2O2.